The van der Waals surface area contributed by atoms with E-state index >= 15 is 0 Å². The summed E-state index contributed by atoms with van der Waals surface area (Å²) in [5.41, 5.74) is 0. The second kappa shape index (κ2) is 2.96. The molecule has 0 saturated heterocycles. The molecule has 1 aromatic rings. The van der Waals surface area contributed by atoms with Crippen LogP contribution in [0.25, 0.3) is 0 Å². The van der Waals surface area contributed by atoms with Gasteiger partial charge in [0.25, 0.3) is 0 Å². The maximum atomic E-state index is 10.6. The molecule has 11 heavy (non-hydrogen) atoms. The van der Waals surface area contributed by atoms with Crippen LogP contribution >= 0.6 is 0 Å². The molecule has 0 unspecified atom stereocenters. The Balaban J connectivity index is 2.57. The Morgan fingerprint density at radius 3 is 2.82 bits per heavy atom. The summed E-state index contributed by atoms with van der Waals surface area (Å²) in [7, 11) is 0. The summed E-state index contributed by atoms with van der Waals surface area (Å²) < 4.78 is 0. The minimum Gasteiger partial charge on any atom is -0.475 e. The standard InChI is InChI=1S/C6H6N2O3/c9-4(6(10)11)3-5-7-1-2-8-5/h1-2H,3H2,(H,7,8)(H,10,11). The van der Waals surface area contributed by atoms with Gasteiger partial charge in [-0.3, -0.25) is 4.79 Å². The predicted molar refractivity (Wildman–Crippen MR) is 34.9 cm³/mol. The Morgan fingerprint density at radius 1 is 1.64 bits per heavy atom. The summed E-state index contributed by atoms with van der Waals surface area (Å²) in [5, 5.41) is 8.19. The van der Waals surface area contributed by atoms with Crippen LogP contribution < -0.4 is 0 Å². The maximum Gasteiger partial charge on any atom is 0.372 e. The van der Waals surface area contributed by atoms with Gasteiger partial charge in [-0.05, 0) is 0 Å². The van der Waals surface area contributed by atoms with Crippen LogP contribution in [-0.2, 0) is 16.0 Å². The van der Waals surface area contributed by atoms with Gasteiger partial charge in [-0.25, -0.2) is 9.78 Å². The average Bonchev–Trinajstić information content (AvgIpc) is 2.39. The molecule has 1 heterocycles. The number of nitrogens with one attached hydrogen (secondary N) is 1. The lowest BCUT2D eigenvalue weighted by Gasteiger charge is -1.89. The zero-order valence-electron chi connectivity index (χ0n) is 5.57. The number of Topliss-reactive ketones (excluding diaryl/α,β-unsaturated/α-hetero) is 1. The number of carboxylic acids is 1. The van der Waals surface area contributed by atoms with E-state index in [-0.39, 0.29) is 6.42 Å². The third kappa shape index (κ3) is 1.89. The maximum absolute atomic E-state index is 10.6. The van der Waals surface area contributed by atoms with E-state index in [9.17, 15) is 9.59 Å². The molecule has 58 valence electrons. The monoisotopic (exact) mass is 154 g/mol. The highest BCUT2D eigenvalue weighted by Gasteiger charge is 2.12. The molecule has 0 atom stereocenters. The van der Waals surface area contributed by atoms with Gasteiger partial charge in [0, 0.05) is 12.4 Å². The van der Waals surface area contributed by atoms with Gasteiger partial charge < -0.3 is 10.1 Å². The Morgan fingerprint density at radius 2 is 2.36 bits per heavy atom. The first-order valence-corrected chi connectivity index (χ1v) is 2.94. The lowest BCUT2D eigenvalue weighted by molar-refractivity contribution is -0.148. The summed E-state index contributed by atoms with van der Waals surface area (Å²) in [6, 6.07) is 0. The van der Waals surface area contributed by atoms with Crippen molar-refractivity contribution in [1.82, 2.24) is 9.97 Å². The molecule has 1 aromatic heterocycles. The number of hydrogen-bond acceptors (Lipinski definition) is 3. The molecule has 0 aliphatic heterocycles. The first-order valence-electron chi connectivity index (χ1n) is 2.94. The second-order valence-corrected chi connectivity index (χ2v) is 1.94. The van der Waals surface area contributed by atoms with Gasteiger partial charge in [-0.2, -0.15) is 0 Å². The van der Waals surface area contributed by atoms with Crippen molar-refractivity contribution in [1.29, 1.82) is 0 Å². The van der Waals surface area contributed by atoms with E-state index in [2.05, 4.69) is 9.97 Å². The van der Waals surface area contributed by atoms with Gasteiger partial charge >= 0.3 is 5.97 Å². The number of carbonyl (C=O) groups excluding carboxylic acids is 1. The van der Waals surface area contributed by atoms with Crippen LogP contribution in [0.15, 0.2) is 12.4 Å². The summed E-state index contributed by atoms with van der Waals surface area (Å²) in [5.74, 6) is -1.92. The van der Waals surface area contributed by atoms with Gasteiger partial charge in [0.15, 0.2) is 0 Å². The van der Waals surface area contributed by atoms with Crippen molar-refractivity contribution in [3.8, 4) is 0 Å². The van der Waals surface area contributed by atoms with Crippen molar-refractivity contribution >= 4 is 11.8 Å². The average molecular weight is 154 g/mol. The fourth-order valence-corrected chi connectivity index (χ4v) is 0.622. The molecule has 0 fully saturated rings. The number of aromatic nitrogens is 2. The normalized spacial score (nSPS) is 9.45. The third-order valence-corrected chi connectivity index (χ3v) is 1.12. The topological polar surface area (TPSA) is 83.0 Å². The summed E-state index contributed by atoms with van der Waals surface area (Å²) in [4.78, 5) is 26.9. The van der Waals surface area contributed by atoms with Crippen molar-refractivity contribution in [2.45, 2.75) is 6.42 Å². The fraction of sp³-hybridized carbons (Fsp3) is 0.167. The quantitative estimate of drug-likeness (QED) is 0.580. The second-order valence-electron chi connectivity index (χ2n) is 1.94. The molecule has 0 spiro atoms. The van der Waals surface area contributed by atoms with Crippen molar-refractivity contribution in [2.75, 3.05) is 0 Å². The first kappa shape index (κ1) is 7.46. The number of carboxylic acid groups (broad SMARTS) is 1. The molecule has 0 saturated carbocycles. The third-order valence-electron chi connectivity index (χ3n) is 1.12. The van der Waals surface area contributed by atoms with E-state index in [1.54, 1.807) is 0 Å². The van der Waals surface area contributed by atoms with E-state index in [1.165, 1.54) is 12.4 Å². The molecule has 5 nitrogen and oxygen atoms in total. The number of carbonyl (C=O) groups is 2. The van der Waals surface area contributed by atoms with E-state index < -0.39 is 11.8 Å². The Kier molecular flexibility index (Phi) is 2.00. The molecule has 0 aromatic carbocycles. The molecule has 0 amide bonds. The van der Waals surface area contributed by atoms with Gasteiger partial charge in [-0.15, -0.1) is 0 Å². The van der Waals surface area contributed by atoms with Crippen molar-refractivity contribution in [3.63, 3.8) is 0 Å². The number of imidazole rings is 1. The van der Waals surface area contributed by atoms with E-state index in [0.717, 1.165) is 0 Å². The molecule has 0 aliphatic carbocycles. The van der Waals surface area contributed by atoms with Crippen molar-refractivity contribution in [2.24, 2.45) is 0 Å². The van der Waals surface area contributed by atoms with Gasteiger partial charge in [-0.1, -0.05) is 0 Å². The number of hydrogen-bond donors (Lipinski definition) is 2. The Bertz CT molecular complexity index is 265. The molecule has 2 N–H and O–H groups in total. The summed E-state index contributed by atoms with van der Waals surface area (Å²) in [6.45, 7) is 0. The SMILES string of the molecule is O=C(O)C(=O)Cc1ncc[nH]1. The van der Waals surface area contributed by atoms with Crippen molar-refractivity contribution in [3.05, 3.63) is 18.2 Å². The van der Waals surface area contributed by atoms with E-state index in [4.69, 9.17) is 5.11 Å². The smallest absolute Gasteiger partial charge is 0.372 e. The van der Waals surface area contributed by atoms with Gasteiger partial charge in [0.05, 0.1) is 6.42 Å². The fourth-order valence-electron chi connectivity index (χ4n) is 0.622. The van der Waals surface area contributed by atoms with Crippen LogP contribution in [0.1, 0.15) is 5.82 Å². The van der Waals surface area contributed by atoms with Crippen LogP contribution in [0.5, 0.6) is 0 Å². The largest absolute Gasteiger partial charge is 0.475 e. The number of nitrogens with zero attached hydrogens (tertiary/aromatic N) is 1. The number of H-pyrrole nitrogens is 1. The van der Waals surface area contributed by atoms with Crippen LogP contribution in [0.4, 0.5) is 0 Å². The highest BCUT2D eigenvalue weighted by atomic mass is 16.4. The number of ketones is 1. The number of rotatable bonds is 3. The zero-order chi connectivity index (χ0) is 8.27. The molecule has 5 heteroatoms. The minimum atomic E-state index is -1.43. The highest BCUT2D eigenvalue weighted by molar-refractivity contribution is 6.33. The summed E-state index contributed by atoms with van der Waals surface area (Å²) in [6.07, 6.45) is 2.82. The lowest BCUT2D eigenvalue weighted by Crippen LogP contribution is -2.15. The molecule has 0 aliphatic rings. The number of aromatic amines is 1. The Hall–Kier alpha value is -1.65. The summed E-state index contributed by atoms with van der Waals surface area (Å²) >= 11 is 0. The van der Waals surface area contributed by atoms with E-state index in [0.29, 0.717) is 5.82 Å². The molecular formula is C6H6N2O3. The molecule has 0 radical (unpaired) electrons. The lowest BCUT2D eigenvalue weighted by atomic mass is 10.3. The number of aliphatic carboxylic acids is 1. The molecule has 1 rings (SSSR count). The zero-order valence-corrected chi connectivity index (χ0v) is 5.57. The highest BCUT2D eigenvalue weighted by Crippen LogP contribution is 1.90. The molecule has 0 bridgehead atoms. The van der Waals surface area contributed by atoms with Gasteiger partial charge in [0.1, 0.15) is 5.82 Å². The Labute approximate surface area is 62.1 Å². The van der Waals surface area contributed by atoms with Crippen LogP contribution in [0.2, 0.25) is 0 Å². The first-order chi connectivity index (χ1) is 5.20. The minimum absolute atomic E-state index is 0.178. The van der Waals surface area contributed by atoms with Crippen LogP contribution in [0.3, 0.4) is 0 Å². The van der Waals surface area contributed by atoms with Crippen molar-refractivity contribution < 1.29 is 14.7 Å². The predicted octanol–water partition coefficient (Wildman–Crippen LogP) is -0.394. The van der Waals surface area contributed by atoms with E-state index in [1.807, 2.05) is 0 Å². The molecular weight excluding hydrogens is 148 g/mol. The van der Waals surface area contributed by atoms with Crippen LogP contribution in [0, 0.1) is 0 Å². The van der Waals surface area contributed by atoms with Gasteiger partial charge in [0.2, 0.25) is 5.78 Å². The van der Waals surface area contributed by atoms with Crippen LogP contribution in [-0.4, -0.2) is 26.8 Å².